The number of rotatable bonds is 8. The second-order valence-corrected chi connectivity index (χ2v) is 15.4. The van der Waals surface area contributed by atoms with Crippen molar-refractivity contribution < 1.29 is 17.7 Å². The molecule has 0 bridgehead atoms. The number of hydrogen-bond acceptors (Lipinski definition) is 6. The van der Waals surface area contributed by atoms with Crippen molar-refractivity contribution >= 4 is 43.6 Å². The van der Waals surface area contributed by atoms with Crippen LogP contribution in [0.4, 0.5) is 0 Å². The highest BCUT2D eigenvalue weighted by Gasteiger charge is 2.17. The molecule has 8 heteroatoms. The summed E-state index contributed by atoms with van der Waals surface area (Å²) in [6.45, 7) is -0.907. The Kier molecular flexibility index (Phi) is 7.40. The van der Waals surface area contributed by atoms with Crippen LogP contribution in [0.2, 0.25) is 0 Å². The van der Waals surface area contributed by atoms with E-state index in [1.54, 1.807) is 49.1 Å². The highest BCUT2D eigenvalue weighted by molar-refractivity contribution is 6.10. The zero-order valence-electron chi connectivity index (χ0n) is 39.7. The topological polar surface area (TPSA) is 79.9 Å². The molecule has 0 fully saturated rings. The fourth-order valence-corrected chi connectivity index (χ4v) is 8.22. The molecule has 0 unspecified atom stereocenters. The number of hydrogen-bond donors (Lipinski definition) is 0. The van der Waals surface area contributed by atoms with Gasteiger partial charge in [0.25, 0.3) is 0 Å². The Bertz CT molecular complexity index is 3520. The molecular weight excluding hydrogens is 765 g/mol. The van der Waals surface area contributed by atoms with Crippen molar-refractivity contribution in [1.82, 2.24) is 29.1 Å². The maximum atomic E-state index is 8.37. The smallest absolute Gasteiger partial charge is 0.137 e. The van der Waals surface area contributed by atoms with Crippen LogP contribution in [0.15, 0.2) is 170 Å². The van der Waals surface area contributed by atoms with E-state index in [4.69, 9.17) is 27.7 Å². The SMILES string of the molecule is [2H]C([2H])([2H])c1ccc(-c2cnc(-c3ccc(C([2H])([2H])[2H])c(Oc4ccc5c6ccccc6n(-c6cc(C)ccn6)c5c4)c3)cn2)cc1Oc1ccc2c3ccccc3n(-c3cc(C)ccn3)c2c1. The molecule has 0 aliphatic rings. The van der Waals surface area contributed by atoms with Crippen molar-refractivity contribution in [1.29, 1.82) is 0 Å². The highest BCUT2D eigenvalue weighted by atomic mass is 16.5. The Labute approximate surface area is 366 Å². The monoisotopic (exact) mass is 810 g/mol. The molecule has 62 heavy (non-hydrogen) atoms. The lowest BCUT2D eigenvalue weighted by atomic mass is 10.1. The van der Waals surface area contributed by atoms with Crippen LogP contribution < -0.4 is 9.47 Å². The Balaban J connectivity index is 0.925. The predicted octanol–water partition coefficient (Wildman–Crippen LogP) is 13.6. The predicted molar refractivity (Wildman–Crippen MR) is 249 cm³/mol. The van der Waals surface area contributed by atoms with Gasteiger partial charge in [-0.3, -0.25) is 19.1 Å². The van der Waals surface area contributed by atoms with Crippen LogP contribution in [0.25, 0.3) is 77.8 Å². The second kappa shape index (κ2) is 14.9. The van der Waals surface area contributed by atoms with Gasteiger partial charge in [0.15, 0.2) is 0 Å². The average molecular weight is 811 g/mol. The van der Waals surface area contributed by atoms with Crippen LogP contribution in [0.5, 0.6) is 23.0 Å². The average Bonchev–Trinajstić information content (AvgIpc) is 3.83. The van der Waals surface area contributed by atoms with Crippen LogP contribution in [-0.4, -0.2) is 29.1 Å². The molecule has 0 aliphatic carbocycles. The van der Waals surface area contributed by atoms with E-state index in [9.17, 15) is 0 Å². The van der Waals surface area contributed by atoms with Crippen LogP contribution in [0.3, 0.4) is 0 Å². The van der Waals surface area contributed by atoms with E-state index < -0.39 is 13.7 Å². The first-order chi connectivity index (χ1) is 32.8. The van der Waals surface area contributed by atoms with Gasteiger partial charge in [0.05, 0.1) is 45.8 Å². The van der Waals surface area contributed by atoms with E-state index in [2.05, 4.69) is 31.2 Å². The number of fused-ring (bicyclic) bond motifs is 6. The number of aryl methyl sites for hydroxylation is 4. The Morgan fingerprint density at radius 2 is 0.887 bits per heavy atom. The Hall–Kier alpha value is -8.10. The van der Waals surface area contributed by atoms with Gasteiger partial charge in [-0.1, -0.05) is 60.7 Å². The minimum Gasteiger partial charge on any atom is -0.457 e. The van der Waals surface area contributed by atoms with Gasteiger partial charge in [-0.2, -0.15) is 0 Å². The molecule has 0 amide bonds. The van der Waals surface area contributed by atoms with Gasteiger partial charge in [0.2, 0.25) is 0 Å². The van der Waals surface area contributed by atoms with Crippen molar-refractivity contribution in [3.8, 4) is 57.1 Å². The zero-order valence-corrected chi connectivity index (χ0v) is 33.7. The summed E-state index contributed by atoms with van der Waals surface area (Å²) in [5.74, 6) is 2.71. The van der Waals surface area contributed by atoms with Crippen LogP contribution >= 0.6 is 0 Å². The van der Waals surface area contributed by atoms with E-state index in [1.165, 1.54) is 12.1 Å². The van der Waals surface area contributed by atoms with Crippen LogP contribution in [0.1, 0.15) is 30.5 Å². The molecule has 11 aromatic rings. The largest absolute Gasteiger partial charge is 0.457 e. The minimum atomic E-state index is -2.48. The van der Waals surface area contributed by atoms with Crippen molar-refractivity contribution in [2.24, 2.45) is 0 Å². The molecule has 0 saturated carbocycles. The third-order valence-corrected chi connectivity index (χ3v) is 11.2. The van der Waals surface area contributed by atoms with Gasteiger partial charge in [-0.15, -0.1) is 0 Å². The van der Waals surface area contributed by atoms with Crippen LogP contribution in [-0.2, 0) is 0 Å². The summed E-state index contributed by atoms with van der Waals surface area (Å²) >= 11 is 0. The number of ether oxygens (including phenoxy) is 2. The quantitative estimate of drug-likeness (QED) is 0.152. The molecule has 0 radical (unpaired) electrons. The van der Waals surface area contributed by atoms with E-state index in [0.717, 1.165) is 66.4 Å². The Morgan fingerprint density at radius 3 is 1.32 bits per heavy atom. The first kappa shape index (κ1) is 30.9. The van der Waals surface area contributed by atoms with Crippen molar-refractivity contribution in [2.75, 3.05) is 0 Å². The minimum absolute atomic E-state index is 0.0427. The molecule has 0 spiro atoms. The lowest BCUT2D eigenvalue weighted by molar-refractivity contribution is 0.479. The van der Waals surface area contributed by atoms with Gasteiger partial charge >= 0.3 is 0 Å². The first-order valence-corrected chi connectivity index (χ1v) is 20.2. The van der Waals surface area contributed by atoms with Crippen molar-refractivity contribution in [3.63, 3.8) is 0 Å². The summed E-state index contributed by atoms with van der Waals surface area (Å²) in [4.78, 5) is 18.8. The summed E-state index contributed by atoms with van der Waals surface area (Å²) in [7, 11) is 0. The molecule has 298 valence electrons. The van der Waals surface area contributed by atoms with Gasteiger partial charge in [0.1, 0.15) is 34.6 Å². The van der Waals surface area contributed by atoms with E-state index >= 15 is 0 Å². The molecule has 0 saturated heterocycles. The maximum absolute atomic E-state index is 8.37. The van der Waals surface area contributed by atoms with Gasteiger partial charge in [-0.05, 0) is 123 Å². The van der Waals surface area contributed by atoms with Crippen molar-refractivity contribution in [2.45, 2.75) is 27.6 Å². The molecule has 11 rings (SSSR count). The second-order valence-electron chi connectivity index (χ2n) is 15.4. The molecule has 5 aromatic heterocycles. The van der Waals surface area contributed by atoms with Gasteiger partial charge in [0, 0.05) is 65.4 Å². The molecule has 0 atom stereocenters. The third-order valence-electron chi connectivity index (χ3n) is 11.2. The third kappa shape index (κ3) is 6.49. The van der Waals surface area contributed by atoms with E-state index in [-0.39, 0.29) is 22.6 Å². The summed E-state index contributed by atoms with van der Waals surface area (Å²) in [5.41, 5.74) is 8.01. The summed E-state index contributed by atoms with van der Waals surface area (Å²) in [5, 5.41) is 4.10. The maximum Gasteiger partial charge on any atom is 0.137 e. The number of para-hydroxylation sites is 2. The number of aromatic nitrogens is 6. The molecular formula is C54H40N6O2. The number of benzene rings is 6. The lowest BCUT2D eigenvalue weighted by Gasteiger charge is -2.13. The molecule has 8 nitrogen and oxygen atoms in total. The fourth-order valence-electron chi connectivity index (χ4n) is 8.22. The molecule has 6 aromatic carbocycles. The lowest BCUT2D eigenvalue weighted by Crippen LogP contribution is -1.98. The standard InChI is InChI=1S/C54H40N6O2/c1-33-21-23-55-53(25-33)59-47-11-7-5-9-41(47)43-19-17-39(29-49(43)59)61-51-27-37(15-13-35(51)3)45-31-58-46(32-57-45)38-16-14-36(4)52(28-38)62-40-18-20-44-42-10-6-8-12-48(42)60(50(44)30-40)54-26-34(2)22-24-56-54/h5-32H,1-4H3/i3D3,4D3. The summed E-state index contributed by atoms with van der Waals surface area (Å²) in [6.07, 6.45) is 6.75. The summed E-state index contributed by atoms with van der Waals surface area (Å²) < 4.78 is 67.3. The summed E-state index contributed by atoms with van der Waals surface area (Å²) in [6, 6.07) is 45.4. The normalized spacial score (nSPS) is 13.4. The first-order valence-electron chi connectivity index (χ1n) is 23.2. The zero-order chi connectivity index (χ0) is 46.9. The van der Waals surface area contributed by atoms with Gasteiger partial charge in [-0.25, -0.2) is 9.97 Å². The molecule has 5 heterocycles. The van der Waals surface area contributed by atoms with E-state index in [0.29, 0.717) is 34.0 Å². The Morgan fingerprint density at radius 1 is 0.435 bits per heavy atom. The fraction of sp³-hybridized carbons (Fsp3) is 0.0741. The molecule has 0 aliphatic heterocycles. The highest BCUT2D eigenvalue weighted by Crippen LogP contribution is 2.39. The van der Waals surface area contributed by atoms with Crippen molar-refractivity contribution in [3.05, 3.63) is 193 Å². The molecule has 0 N–H and O–H groups in total. The van der Waals surface area contributed by atoms with Crippen LogP contribution in [0, 0.1) is 27.6 Å². The number of pyridine rings is 2. The number of nitrogens with zero attached hydrogens (tertiary/aromatic N) is 6. The van der Waals surface area contributed by atoms with E-state index in [1.807, 2.05) is 111 Å². The van der Waals surface area contributed by atoms with Gasteiger partial charge < -0.3 is 9.47 Å².